The molecule has 0 radical (unpaired) electrons. The fourth-order valence-electron chi connectivity index (χ4n) is 2.72. The van der Waals surface area contributed by atoms with E-state index in [0.717, 1.165) is 18.1 Å². The summed E-state index contributed by atoms with van der Waals surface area (Å²) in [4.78, 5) is 28.6. The number of aliphatic imine (C=N–C) groups is 1. The van der Waals surface area contributed by atoms with Crippen molar-refractivity contribution in [3.63, 3.8) is 0 Å². The number of hydrogen-bond acceptors (Lipinski definition) is 4. The van der Waals surface area contributed by atoms with Gasteiger partial charge in [-0.15, -0.1) is 35.7 Å². The van der Waals surface area contributed by atoms with E-state index in [1.54, 1.807) is 23.9 Å². The van der Waals surface area contributed by atoms with Crippen LogP contribution in [0.25, 0.3) is 0 Å². The number of hydrogen-bond donors (Lipinski definition) is 4. The van der Waals surface area contributed by atoms with E-state index in [1.807, 2.05) is 19.1 Å². The van der Waals surface area contributed by atoms with E-state index in [1.165, 1.54) is 16.0 Å². The van der Waals surface area contributed by atoms with Gasteiger partial charge in [0.1, 0.15) is 0 Å². The maximum atomic E-state index is 11.9. The molecule has 0 aliphatic heterocycles. The number of nitrogens with one attached hydrogen (secondary N) is 3. The number of nitrogens with two attached hydrogens (primary N) is 1. The third-order valence-corrected chi connectivity index (χ3v) is 5.11. The standard InChI is InChI=1S/C22H29N5O2S.HI/c1-4-24-22(27-13-18-8-5-15(2)11-19(18)30-3)26-12-16-6-9-17(10-7-16)21(29)25-14-20(23)28;/h5-11H,4,12-14H2,1-3H3,(H2,23,28)(H,25,29)(H2,24,26,27);1H. The van der Waals surface area contributed by atoms with Crippen molar-refractivity contribution >= 4 is 53.5 Å². The maximum Gasteiger partial charge on any atom is 0.251 e. The second kappa shape index (κ2) is 13.9. The molecule has 0 aliphatic rings. The second-order valence-corrected chi connectivity index (χ2v) is 7.56. The molecule has 0 unspecified atom stereocenters. The number of thioether (sulfide) groups is 1. The number of benzene rings is 2. The molecular formula is C22H30IN5O2S. The van der Waals surface area contributed by atoms with Crippen LogP contribution in [-0.4, -0.2) is 37.1 Å². The molecule has 2 rings (SSSR count). The normalized spacial score (nSPS) is 10.7. The Morgan fingerprint density at radius 2 is 1.77 bits per heavy atom. The Balaban J connectivity index is 0.00000480. The summed E-state index contributed by atoms with van der Waals surface area (Å²) >= 11 is 1.73. The first kappa shape index (κ1) is 26.8. The van der Waals surface area contributed by atoms with Crippen LogP contribution in [0, 0.1) is 6.92 Å². The van der Waals surface area contributed by atoms with Gasteiger partial charge >= 0.3 is 0 Å². The minimum Gasteiger partial charge on any atom is -0.368 e. The highest BCUT2D eigenvalue weighted by Gasteiger charge is 2.07. The highest BCUT2D eigenvalue weighted by molar-refractivity contribution is 14.0. The van der Waals surface area contributed by atoms with Gasteiger partial charge in [-0.3, -0.25) is 9.59 Å². The number of carbonyl (C=O) groups is 2. The van der Waals surface area contributed by atoms with E-state index in [9.17, 15) is 9.59 Å². The van der Waals surface area contributed by atoms with Gasteiger partial charge in [-0.2, -0.15) is 0 Å². The van der Waals surface area contributed by atoms with Crippen molar-refractivity contribution in [3.8, 4) is 0 Å². The van der Waals surface area contributed by atoms with Gasteiger partial charge in [-0.25, -0.2) is 4.99 Å². The summed E-state index contributed by atoms with van der Waals surface area (Å²) in [6.07, 6.45) is 2.08. The SMILES string of the molecule is CCNC(=NCc1ccc(C(=O)NCC(N)=O)cc1)NCc1ccc(C)cc1SC.I. The first-order valence-corrected chi connectivity index (χ1v) is 11.0. The average Bonchev–Trinajstić information content (AvgIpc) is 2.74. The van der Waals surface area contributed by atoms with E-state index in [-0.39, 0.29) is 36.4 Å². The van der Waals surface area contributed by atoms with Crippen LogP contribution in [0.5, 0.6) is 0 Å². The zero-order valence-electron chi connectivity index (χ0n) is 18.0. The Morgan fingerprint density at radius 3 is 2.39 bits per heavy atom. The molecule has 2 amide bonds. The molecule has 0 heterocycles. The lowest BCUT2D eigenvalue weighted by Gasteiger charge is -2.14. The minimum atomic E-state index is -0.576. The van der Waals surface area contributed by atoms with Crippen LogP contribution < -0.4 is 21.7 Å². The van der Waals surface area contributed by atoms with Gasteiger partial charge in [0.15, 0.2) is 5.96 Å². The van der Waals surface area contributed by atoms with Crippen molar-refractivity contribution in [1.82, 2.24) is 16.0 Å². The first-order chi connectivity index (χ1) is 14.4. The molecule has 0 saturated carbocycles. The molecule has 31 heavy (non-hydrogen) atoms. The number of guanidine groups is 1. The van der Waals surface area contributed by atoms with Crippen molar-refractivity contribution in [1.29, 1.82) is 0 Å². The number of carbonyl (C=O) groups excluding carboxylic acids is 2. The number of primary amides is 1. The van der Waals surface area contributed by atoms with Gasteiger partial charge in [0.2, 0.25) is 5.91 Å². The first-order valence-electron chi connectivity index (χ1n) is 9.74. The predicted molar refractivity (Wildman–Crippen MR) is 138 cm³/mol. The number of aryl methyl sites for hydroxylation is 1. The van der Waals surface area contributed by atoms with Crippen LogP contribution >= 0.6 is 35.7 Å². The van der Waals surface area contributed by atoms with Crippen LogP contribution in [0.3, 0.4) is 0 Å². The van der Waals surface area contributed by atoms with Gasteiger partial charge in [0.25, 0.3) is 5.91 Å². The highest BCUT2D eigenvalue weighted by atomic mass is 127. The van der Waals surface area contributed by atoms with E-state index < -0.39 is 5.91 Å². The zero-order valence-corrected chi connectivity index (χ0v) is 21.2. The Kier molecular flexibility index (Phi) is 12.0. The van der Waals surface area contributed by atoms with Crippen molar-refractivity contribution in [2.75, 3.05) is 19.3 Å². The number of rotatable bonds is 9. The summed E-state index contributed by atoms with van der Waals surface area (Å²) in [5, 5.41) is 9.10. The summed E-state index contributed by atoms with van der Waals surface area (Å²) in [5.74, 6) is -0.178. The number of amides is 2. The van der Waals surface area contributed by atoms with Gasteiger partial charge in [-0.05, 0) is 55.0 Å². The predicted octanol–water partition coefficient (Wildman–Crippen LogP) is 2.81. The smallest absolute Gasteiger partial charge is 0.251 e. The van der Waals surface area contributed by atoms with Crippen molar-refractivity contribution in [2.24, 2.45) is 10.7 Å². The van der Waals surface area contributed by atoms with Crippen molar-refractivity contribution in [2.45, 2.75) is 31.8 Å². The van der Waals surface area contributed by atoms with Gasteiger partial charge < -0.3 is 21.7 Å². The van der Waals surface area contributed by atoms with Crippen LogP contribution in [0.4, 0.5) is 0 Å². The largest absolute Gasteiger partial charge is 0.368 e. The molecule has 5 N–H and O–H groups in total. The molecule has 0 aliphatic carbocycles. The molecule has 0 atom stereocenters. The number of halogens is 1. The van der Waals surface area contributed by atoms with Gasteiger partial charge in [0.05, 0.1) is 13.1 Å². The van der Waals surface area contributed by atoms with Crippen molar-refractivity contribution < 1.29 is 9.59 Å². The Hall–Kier alpha value is -2.27. The maximum absolute atomic E-state index is 11.9. The summed E-state index contributed by atoms with van der Waals surface area (Å²) in [6.45, 7) is 5.85. The molecule has 7 nitrogen and oxygen atoms in total. The van der Waals surface area contributed by atoms with E-state index >= 15 is 0 Å². The Labute approximate surface area is 205 Å². The topological polar surface area (TPSA) is 109 Å². The summed E-state index contributed by atoms with van der Waals surface area (Å²) in [7, 11) is 0. The Morgan fingerprint density at radius 1 is 1.06 bits per heavy atom. The number of nitrogens with zero attached hydrogens (tertiary/aromatic N) is 1. The summed E-state index contributed by atoms with van der Waals surface area (Å²) < 4.78 is 0. The summed E-state index contributed by atoms with van der Waals surface area (Å²) in [6, 6.07) is 13.5. The molecule has 0 saturated heterocycles. The summed E-state index contributed by atoms with van der Waals surface area (Å²) in [5.41, 5.74) is 8.95. The third-order valence-electron chi connectivity index (χ3n) is 4.29. The fourth-order valence-corrected chi connectivity index (χ4v) is 3.43. The van der Waals surface area contributed by atoms with Crippen molar-refractivity contribution in [3.05, 3.63) is 64.7 Å². The molecule has 168 valence electrons. The second-order valence-electron chi connectivity index (χ2n) is 6.71. The molecule has 0 aromatic heterocycles. The highest BCUT2D eigenvalue weighted by Crippen LogP contribution is 2.21. The Bertz CT molecular complexity index is 903. The van der Waals surface area contributed by atoms with Gasteiger partial charge in [0, 0.05) is 23.5 Å². The quantitative estimate of drug-likeness (QED) is 0.165. The van der Waals surface area contributed by atoms with E-state index in [2.05, 4.69) is 52.3 Å². The average molecular weight is 555 g/mol. The molecule has 2 aromatic carbocycles. The fraction of sp³-hybridized carbons (Fsp3) is 0.318. The van der Waals surface area contributed by atoms with E-state index in [4.69, 9.17) is 5.73 Å². The minimum absolute atomic E-state index is 0. The monoisotopic (exact) mass is 555 g/mol. The van der Waals surface area contributed by atoms with E-state index in [0.29, 0.717) is 18.7 Å². The molecule has 0 fully saturated rings. The lowest BCUT2D eigenvalue weighted by atomic mass is 10.1. The molecule has 9 heteroatoms. The molecule has 0 spiro atoms. The third kappa shape index (κ3) is 9.18. The molecule has 2 aromatic rings. The zero-order chi connectivity index (χ0) is 21.9. The molecule has 0 bridgehead atoms. The lowest BCUT2D eigenvalue weighted by Crippen LogP contribution is -2.36. The van der Waals surface area contributed by atoms with Crippen LogP contribution in [0.15, 0.2) is 52.4 Å². The molecular weight excluding hydrogens is 525 g/mol. The van der Waals surface area contributed by atoms with Crippen LogP contribution in [0.1, 0.15) is 34.0 Å². The van der Waals surface area contributed by atoms with Crippen LogP contribution in [0.2, 0.25) is 0 Å². The van der Waals surface area contributed by atoms with Gasteiger partial charge in [-0.1, -0.05) is 24.3 Å². The van der Waals surface area contributed by atoms with Crippen LogP contribution in [-0.2, 0) is 17.9 Å². The lowest BCUT2D eigenvalue weighted by molar-refractivity contribution is -0.117.